The minimum Gasteiger partial charge on any atom is -0.444 e. The fraction of sp³-hybridized carbons (Fsp3) is 0.200. The van der Waals surface area contributed by atoms with E-state index < -0.39 is 0 Å². The van der Waals surface area contributed by atoms with Crippen molar-refractivity contribution < 1.29 is 5.84 Å². The topological polar surface area (TPSA) is 91.0 Å². The van der Waals surface area contributed by atoms with Crippen molar-refractivity contribution in [1.29, 1.82) is 0 Å². The first-order valence-corrected chi connectivity index (χ1v) is 4.59. The molecule has 0 aliphatic rings. The van der Waals surface area contributed by atoms with Gasteiger partial charge in [0.15, 0.2) is 0 Å². The number of pyridine rings is 1. The second-order valence-electron chi connectivity index (χ2n) is 3.33. The number of nitrogen functional groups attached to an aromatic ring is 1. The second kappa shape index (κ2) is 3.70. The zero-order valence-corrected chi connectivity index (χ0v) is 8.34. The minimum atomic E-state index is -0.0909. The number of hydrogen-bond donors (Lipinski definition) is 2. The number of oxazole rings is 1. The Morgan fingerprint density at radius 1 is 1.47 bits per heavy atom. The summed E-state index contributed by atoms with van der Waals surface area (Å²) < 4.78 is 5.16. The van der Waals surface area contributed by atoms with Crippen LogP contribution in [0.3, 0.4) is 0 Å². The molecule has 4 N–H and O–H groups in total. The van der Waals surface area contributed by atoms with Gasteiger partial charge in [-0.25, -0.2) is 9.97 Å². The fourth-order valence-corrected chi connectivity index (χ4v) is 1.27. The van der Waals surface area contributed by atoms with E-state index in [1.165, 1.54) is 6.26 Å². The van der Waals surface area contributed by atoms with Crippen LogP contribution in [-0.2, 0) is 0 Å². The summed E-state index contributed by atoms with van der Waals surface area (Å²) in [5, 5.41) is 0. The van der Waals surface area contributed by atoms with Crippen molar-refractivity contribution in [1.82, 2.24) is 9.97 Å². The summed E-state index contributed by atoms with van der Waals surface area (Å²) in [6.45, 7) is 1.88. The zero-order valence-electron chi connectivity index (χ0n) is 8.34. The van der Waals surface area contributed by atoms with Crippen LogP contribution < -0.4 is 11.5 Å². The van der Waals surface area contributed by atoms with Crippen LogP contribution in [0.15, 0.2) is 29.1 Å². The third-order valence-electron chi connectivity index (χ3n) is 2.13. The maximum absolute atomic E-state index is 5.75. The van der Waals surface area contributed by atoms with Gasteiger partial charge in [0.2, 0.25) is 5.89 Å². The summed E-state index contributed by atoms with van der Waals surface area (Å²) in [4.78, 5) is 8.07. The van der Waals surface area contributed by atoms with Crippen molar-refractivity contribution in [2.45, 2.75) is 13.0 Å². The summed E-state index contributed by atoms with van der Waals surface area (Å²) in [5.41, 5.74) is 13.1. The van der Waals surface area contributed by atoms with Crippen LogP contribution in [-0.4, -0.2) is 9.97 Å². The first kappa shape index (κ1) is 9.67. The number of aromatic nitrogens is 2. The molecule has 15 heavy (non-hydrogen) atoms. The van der Waals surface area contributed by atoms with Gasteiger partial charge in [0, 0.05) is 13.7 Å². The van der Waals surface area contributed by atoms with Gasteiger partial charge in [-0.3, -0.25) is 0 Å². The van der Waals surface area contributed by atoms with Crippen LogP contribution in [0.4, 0.5) is 5.82 Å². The second-order valence-corrected chi connectivity index (χ2v) is 3.33. The van der Waals surface area contributed by atoms with Gasteiger partial charge in [-0.1, -0.05) is 0 Å². The molecule has 0 radical (unpaired) electrons. The van der Waals surface area contributed by atoms with Gasteiger partial charge < -0.3 is 15.9 Å². The van der Waals surface area contributed by atoms with E-state index in [1.54, 1.807) is 12.4 Å². The van der Waals surface area contributed by atoms with E-state index in [0.717, 1.165) is 5.56 Å². The molecule has 5 nitrogen and oxygen atoms in total. The van der Waals surface area contributed by atoms with Crippen molar-refractivity contribution in [2.75, 3.05) is 5.73 Å². The van der Waals surface area contributed by atoms with Crippen LogP contribution in [0.2, 0.25) is 0 Å². The highest BCUT2D eigenvalue weighted by atomic mass is 16.3. The van der Waals surface area contributed by atoms with E-state index in [2.05, 4.69) is 9.97 Å². The molecule has 2 aromatic heterocycles. The molecular weight excluding hydrogens is 192 g/mol. The highest BCUT2D eigenvalue weighted by Crippen LogP contribution is 2.24. The maximum Gasteiger partial charge on any atom is 0.229 e. The molecule has 0 spiro atoms. The third kappa shape index (κ3) is 1.82. The lowest BCUT2D eigenvalue weighted by molar-refractivity contribution is 0.574. The van der Waals surface area contributed by atoms with Crippen molar-refractivity contribution in [2.24, 2.45) is 5.73 Å². The van der Waals surface area contributed by atoms with E-state index in [9.17, 15) is 0 Å². The zero-order chi connectivity index (χ0) is 10.8. The summed E-state index contributed by atoms with van der Waals surface area (Å²) in [7, 11) is 0. The van der Waals surface area contributed by atoms with Crippen molar-refractivity contribution >= 4 is 5.82 Å². The molecule has 5 heteroatoms. The molecule has 0 aliphatic heterocycles. The lowest BCUT2D eigenvalue weighted by atomic mass is 10.1. The summed E-state index contributed by atoms with van der Waals surface area (Å²) >= 11 is 0. The Morgan fingerprint density at radius 3 is 2.87 bits per heavy atom. The SMILES string of the molecule is CC(N)c1cnc(N)c(-c2ncco2)c1.[HH]. The first-order chi connectivity index (χ1) is 7.18. The summed E-state index contributed by atoms with van der Waals surface area (Å²) in [6.07, 6.45) is 4.72. The standard InChI is InChI=1S/C10H12N4O.H2/c1-6(11)7-4-8(9(12)14-5-7)10-13-2-3-15-10;/h2-6H,11H2,1H3,(H2,12,14);1H. The molecule has 80 valence electrons. The maximum atomic E-state index is 5.75. The molecule has 0 bridgehead atoms. The molecule has 1 atom stereocenters. The average molecular weight is 206 g/mol. The minimum absolute atomic E-state index is 0. The molecule has 0 saturated heterocycles. The lowest BCUT2D eigenvalue weighted by Crippen LogP contribution is -2.06. The molecule has 1 unspecified atom stereocenters. The van der Waals surface area contributed by atoms with Crippen molar-refractivity contribution in [3.05, 3.63) is 30.3 Å². The highest BCUT2D eigenvalue weighted by molar-refractivity contribution is 5.67. The first-order valence-electron chi connectivity index (χ1n) is 4.59. The number of nitrogens with zero attached hydrogens (tertiary/aromatic N) is 2. The molecule has 0 fully saturated rings. The van der Waals surface area contributed by atoms with Crippen molar-refractivity contribution in [3.8, 4) is 11.5 Å². The normalized spacial score (nSPS) is 12.7. The van der Waals surface area contributed by atoms with Gasteiger partial charge in [0.1, 0.15) is 12.1 Å². The summed E-state index contributed by atoms with van der Waals surface area (Å²) in [6, 6.07) is 1.76. The largest absolute Gasteiger partial charge is 0.444 e. The fourth-order valence-electron chi connectivity index (χ4n) is 1.27. The third-order valence-corrected chi connectivity index (χ3v) is 2.13. The molecule has 2 heterocycles. The Hall–Kier alpha value is -1.88. The van der Waals surface area contributed by atoms with Gasteiger partial charge in [-0.2, -0.15) is 0 Å². The summed E-state index contributed by atoms with van der Waals surface area (Å²) in [5.74, 6) is 0.851. The van der Waals surface area contributed by atoms with Gasteiger partial charge in [0.05, 0.1) is 11.8 Å². The number of nitrogens with two attached hydrogens (primary N) is 2. The van der Waals surface area contributed by atoms with Crippen LogP contribution >= 0.6 is 0 Å². The van der Waals surface area contributed by atoms with E-state index >= 15 is 0 Å². The van der Waals surface area contributed by atoms with Crippen LogP contribution in [0.25, 0.3) is 11.5 Å². The number of hydrogen-bond acceptors (Lipinski definition) is 5. The molecule has 0 saturated carbocycles. The molecule has 2 rings (SSSR count). The molecule has 0 aliphatic carbocycles. The van der Waals surface area contributed by atoms with Gasteiger partial charge >= 0.3 is 0 Å². The van der Waals surface area contributed by atoms with E-state index in [0.29, 0.717) is 17.3 Å². The smallest absolute Gasteiger partial charge is 0.229 e. The van der Waals surface area contributed by atoms with Crippen molar-refractivity contribution in [3.63, 3.8) is 0 Å². The Kier molecular flexibility index (Phi) is 2.39. The Morgan fingerprint density at radius 2 is 2.27 bits per heavy atom. The number of rotatable bonds is 2. The Balaban J connectivity index is 0.00000128. The lowest BCUT2D eigenvalue weighted by Gasteiger charge is -2.07. The average Bonchev–Trinajstić information content (AvgIpc) is 2.71. The van der Waals surface area contributed by atoms with Gasteiger partial charge in [-0.15, -0.1) is 0 Å². The van der Waals surface area contributed by atoms with Crippen LogP contribution in [0, 0.1) is 0 Å². The predicted octanol–water partition coefficient (Wildman–Crippen LogP) is 1.58. The Labute approximate surface area is 88.6 Å². The van der Waals surface area contributed by atoms with Gasteiger partial charge in [0.25, 0.3) is 0 Å². The van der Waals surface area contributed by atoms with Crippen LogP contribution in [0.5, 0.6) is 0 Å². The van der Waals surface area contributed by atoms with Crippen LogP contribution in [0.1, 0.15) is 20.0 Å². The monoisotopic (exact) mass is 206 g/mol. The van der Waals surface area contributed by atoms with E-state index in [4.69, 9.17) is 15.9 Å². The van der Waals surface area contributed by atoms with Gasteiger partial charge in [-0.05, 0) is 18.6 Å². The highest BCUT2D eigenvalue weighted by Gasteiger charge is 2.10. The predicted molar refractivity (Wildman–Crippen MR) is 58.9 cm³/mol. The Bertz CT molecular complexity index is 456. The molecule has 0 aromatic carbocycles. The molecule has 0 amide bonds. The van der Waals surface area contributed by atoms with E-state index in [-0.39, 0.29) is 7.47 Å². The number of anilines is 1. The molecule has 2 aromatic rings. The quantitative estimate of drug-likeness (QED) is 0.778. The van der Waals surface area contributed by atoms with E-state index in [1.807, 2.05) is 13.0 Å². The molecular formula is C10H14N4O.